The quantitative estimate of drug-likeness (QED) is 0.490. The molecule has 1 aliphatic heterocycles. The van der Waals surface area contributed by atoms with Crippen molar-refractivity contribution in [2.24, 2.45) is 5.41 Å². The Labute approximate surface area is 55.3 Å². The molecular weight excluding hydrogens is 139 g/mol. The molecule has 54 valence electrons. The first-order valence-electron chi connectivity index (χ1n) is 2.90. The van der Waals surface area contributed by atoms with Crippen molar-refractivity contribution >= 4 is 8.25 Å². The molecule has 0 spiro atoms. The second-order valence-electron chi connectivity index (χ2n) is 2.99. The number of hydrogen-bond donors (Lipinski definition) is 0. The third-order valence-corrected chi connectivity index (χ3v) is 1.92. The summed E-state index contributed by atoms with van der Waals surface area (Å²) in [5.74, 6) is 0. The largest absolute Gasteiger partial charge is 0.319 e. The molecule has 0 N–H and O–H groups in total. The smallest absolute Gasteiger partial charge is 0.310 e. The first-order valence-corrected chi connectivity index (χ1v) is 4.12. The van der Waals surface area contributed by atoms with Gasteiger partial charge in [-0.25, -0.2) is 0 Å². The minimum absolute atomic E-state index is 0.0403. The monoisotopic (exact) mass is 150 g/mol. The summed E-state index contributed by atoms with van der Waals surface area (Å²) in [5.41, 5.74) is 0.0403. The van der Waals surface area contributed by atoms with Crippen molar-refractivity contribution in [2.75, 3.05) is 13.2 Å². The van der Waals surface area contributed by atoms with Crippen LogP contribution in [0.25, 0.3) is 0 Å². The maximum atomic E-state index is 10.5. The molecule has 0 atom stereocenters. The van der Waals surface area contributed by atoms with E-state index in [9.17, 15) is 4.57 Å². The molecule has 1 heterocycles. The second kappa shape index (κ2) is 2.41. The molecule has 0 aromatic carbocycles. The van der Waals surface area contributed by atoms with Crippen molar-refractivity contribution in [3.05, 3.63) is 0 Å². The van der Waals surface area contributed by atoms with E-state index in [1.165, 1.54) is 0 Å². The van der Waals surface area contributed by atoms with Gasteiger partial charge in [0.25, 0.3) is 0 Å². The zero-order valence-electron chi connectivity index (χ0n) is 5.64. The van der Waals surface area contributed by atoms with E-state index >= 15 is 0 Å². The van der Waals surface area contributed by atoms with Crippen LogP contribution < -0.4 is 0 Å². The first kappa shape index (κ1) is 7.26. The standard InChI is InChI=1S/C5H11O3P/c1-5(2)3-7-9(6)8-4-5/h9H,3-4H2,1-2H3. The van der Waals surface area contributed by atoms with Crippen LogP contribution >= 0.6 is 8.25 Å². The molecule has 1 rings (SSSR count). The van der Waals surface area contributed by atoms with Gasteiger partial charge >= 0.3 is 8.25 Å². The zero-order valence-corrected chi connectivity index (χ0v) is 6.64. The Morgan fingerprint density at radius 3 is 2.11 bits per heavy atom. The van der Waals surface area contributed by atoms with E-state index in [-0.39, 0.29) is 5.41 Å². The Bertz CT molecular complexity index is 120. The van der Waals surface area contributed by atoms with E-state index in [2.05, 4.69) is 0 Å². The van der Waals surface area contributed by atoms with Crippen LogP contribution in [-0.2, 0) is 13.6 Å². The molecule has 0 radical (unpaired) electrons. The van der Waals surface area contributed by atoms with Crippen LogP contribution in [0.3, 0.4) is 0 Å². The summed E-state index contributed by atoms with van der Waals surface area (Å²) >= 11 is 0. The van der Waals surface area contributed by atoms with Gasteiger partial charge in [0, 0.05) is 5.41 Å². The molecule has 0 aromatic rings. The zero-order chi connectivity index (χ0) is 6.91. The van der Waals surface area contributed by atoms with Crippen LogP contribution in [0.4, 0.5) is 0 Å². The Kier molecular flexibility index (Phi) is 1.94. The van der Waals surface area contributed by atoms with Gasteiger partial charge in [-0.3, -0.25) is 4.57 Å². The van der Waals surface area contributed by atoms with Crippen LogP contribution in [0.15, 0.2) is 0 Å². The lowest BCUT2D eigenvalue weighted by molar-refractivity contribution is 0.0537. The van der Waals surface area contributed by atoms with Crippen LogP contribution in [0.5, 0.6) is 0 Å². The SMILES string of the molecule is CC1(C)CO[PH](=O)OC1. The summed E-state index contributed by atoms with van der Waals surface area (Å²) < 4.78 is 20.1. The highest BCUT2D eigenvalue weighted by molar-refractivity contribution is 7.33. The van der Waals surface area contributed by atoms with Gasteiger partial charge in [-0.2, -0.15) is 0 Å². The molecule has 1 fully saturated rings. The lowest BCUT2D eigenvalue weighted by Gasteiger charge is -2.27. The molecule has 1 aliphatic rings. The molecule has 0 aromatic heterocycles. The molecule has 0 aliphatic carbocycles. The van der Waals surface area contributed by atoms with Crippen LogP contribution in [0, 0.1) is 5.41 Å². The van der Waals surface area contributed by atoms with Crippen molar-refractivity contribution in [3.8, 4) is 0 Å². The van der Waals surface area contributed by atoms with Gasteiger partial charge in [0.2, 0.25) is 0 Å². The van der Waals surface area contributed by atoms with Gasteiger partial charge in [0.05, 0.1) is 13.2 Å². The summed E-state index contributed by atoms with van der Waals surface area (Å²) in [5, 5.41) is 0. The summed E-state index contributed by atoms with van der Waals surface area (Å²) in [4.78, 5) is 0. The number of rotatable bonds is 0. The van der Waals surface area contributed by atoms with Gasteiger partial charge in [-0.15, -0.1) is 0 Å². The number of hydrogen-bond acceptors (Lipinski definition) is 3. The third-order valence-electron chi connectivity index (χ3n) is 1.16. The van der Waals surface area contributed by atoms with Crippen molar-refractivity contribution in [1.82, 2.24) is 0 Å². The van der Waals surface area contributed by atoms with Crippen LogP contribution in [0.2, 0.25) is 0 Å². The van der Waals surface area contributed by atoms with Gasteiger partial charge in [0.1, 0.15) is 0 Å². The van der Waals surface area contributed by atoms with E-state index in [0.717, 1.165) is 0 Å². The van der Waals surface area contributed by atoms with E-state index < -0.39 is 8.25 Å². The predicted octanol–water partition coefficient (Wildman–Crippen LogP) is 1.45. The summed E-state index contributed by atoms with van der Waals surface area (Å²) in [6, 6.07) is 0. The molecule has 3 nitrogen and oxygen atoms in total. The molecular formula is C5H11O3P. The topological polar surface area (TPSA) is 35.5 Å². The molecule has 0 saturated carbocycles. The van der Waals surface area contributed by atoms with E-state index in [4.69, 9.17) is 9.05 Å². The lowest BCUT2D eigenvalue weighted by Crippen LogP contribution is -2.26. The van der Waals surface area contributed by atoms with Crippen molar-refractivity contribution in [2.45, 2.75) is 13.8 Å². The molecule has 9 heavy (non-hydrogen) atoms. The Morgan fingerprint density at radius 1 is 1.33 bits per heavy atom. The van der Waals surface area contributed by atoms with Gasteiger partial charge < -0.3 is 9.05 Å². The maximum Gasteiger partial charge on any atom is 0.319 e. The van der Waals surface area contributed by atoms with Gasteiger partial charge in [-0.05, 0) is 0 Å². The summed E-state index contributed by atoms with van der Waals surface area (Å²) in [7, 11) is -2.11. The Balaban J connectivity index is 2.44. The van der Waals surface area contributed by atoms with Crippen molar-refractivity contribution < 1.29 is 13.6 Å². The van der Waals surface area contributed by atoms with Crippen molar-refractivity contribution in [1.29, 1.82) is 0 Å². The normalized spacial score (nSPS) is 28.2. The fourth-order valence-corrected chi connectivity index (χ4v) is 1.69. The molecule has 0 unspecified atom stereocenters. The Morgan fingerprint density at radius 2 is 1.78 bits per heavy atom. The van der Waals surface area contributed by atoms with Gasteiger partial charge in [0.15, 0.2) is 0 Å². The highest BCUT2D eigenvalue weighted by Gasteiger charge is 2.25. The molecule has 0 bridgehead atoms. The lowest BCUT2D eigenvalue weighted by atomic mass is 9.97. The van der Waals surface area contributed by atoms with Crippen LogP contribution in [-0.4, -0.2) is 13.2 Å². The predicted molar refractivity (Wildman–Crippen MR) is 34.7 cm³/mol. The average Bonchev–Trinajstić information content (AvgIpc) is 1.78. The average molecular weight is 150 g/mol. The molecule has 1 saturated heterocycles. The van der Waals surface area contributed by atoms with Crippen molar-refractivity contribution in [3.63, 3.8) is 0 Å². The fourth-order valence-electron chi connectivity index (χ4n) is 0.592. The highest BCUT2D eigenvalue weighted by atomic mass is 31.1. The van der Waals surface area contributed by atoms with E-state index in [0.29, 0.717) is 13.2 Å². The molecule has 4 heteroatoms. The maximum absolute atomic E-state index is 10.5. The third kappa shape index (κ3) is 2.09. The van der Waals surface area contributed by atoms with E-state index in [1.54, 1.807) is 0 Å². The highest BCUT2D eigenvalue weighted by Crippen LogP contribution is 2.35. The first-order chi connectivity index (χ1) is 4.10. The Hall–Kier alpha value is 0.150. The molecule has 0 amide bonds. The minimum atomic E-state index is -2.11. The van der Waals surface area contributed by atoms with E-state index in [1.807, 2.05) is 13.8 Å². The van der Waals surface area contributed by atoms with Crippen LogP contribution in [0.1, 0.15) is 13.8 Å². The second-order valence-corrected chi connectivity index (χ2v) is 4.07. The fraction of sp³-hybridized carbons (Fsp3) is 1.00. The summed E-state index contributed by atoms with van der Waals surface area (Å²) in [6.07, 6.45) is 0. The van der Waals surface area contributed by atoms with Gasteiger partial charge in [-0.1, -0.05) is 13.8 Å². The minimum Gasteiger partial charge on any atom is -0.310 e. The summed E-state index contributed by atoms with van der Waals surface area (Å²) in [6.45, 7) is 5.12.